The smallest absolute Gasteiger partial charge is 0.274 e. The largest absolute Gasteiger partial charge is 0.494 e. The topological polar surface area (TPSA) is 86.1 Å². The predicted octanol–water partition coefficient (Wildman–Crippen LogP) is 3.25. The van der Waals surface area contributed by atoms with Crippen LogP contribution in [0.3, 0.4) is 0 Å². The number of carbonyl (C=O) groups is 1. The summed E-state index contributed by atoms with van der Waals surface area (Å²) in [6.07, 6.45) is 0.894. The third-order valence-corrected chi connectivity index (χ3v) is 8.76. The third-order valence-electron chi connectivity index (χ3n) is 7.38. The van der Waals surface area contributed by atoms with Crippen LogP contribution < -0.4 is 4.74 Å². The van der Waals surface area contributed by atoms with E-state index in [-0.39, 0.29) is 11.7 Å². The Hall–Kier alpha value is -3.05. The summed E-state index contributed by atoms with van der Waals surface area (Å²) in [5.74, 6) is 0.802. The van der Waals surface area contributed by atoms with Gasteiger partial charge in [0, 0.05) is 43.9 Å². The van der Waals surface area contributed by atoms with Crippen molar-refractivity contribution in [2.24, 2.45) is 0 Å². The molecule has 0 bridgehead atoms. The minimum Gasteiger partial charge on any atom is -0.494 e. The molecule has 0 N–H and O–H groups in total. The molecule has 2 fully saturated rings. The lowest BCUT2D eigenvalue weighted by molar-refractivity contribution is 0.0298. The summed E-state index contributed by atoms with van der Waals surface area (Å²) < 4.78 is 32.1. The van der Waals surface area contributed by atoms with Crippen LogP contribution in [0.25, 0.3) is 16.9 Å². The molecular weight excluding hydrogens is 516 g/mol. The SMILES string of the molecule is CCCOc1ccc2c(c1)S(=O)Cc1c(C(=O)N3CCOCC3)nn(-c3ccc(CN4CCOCC4)cc3)c1-2. The lowest BCUT2D eigenvalue weighted by Gasteiger charge is -2.26. The van der Waals surface area contributed by atoms with Crippen molar-refractivity contribution in [3.63, 3.8) is 0 Å². The number of ether oxygens (including phenoxy) is 3. The maximum Gasteiger partial charge on any atom is 0.274 e. The van der Waals surface area contributed by atoms with Crippen LogP contribution in [-0.4, -0.2) is 88.9 Å². The second-order valence-electron chi connectivity index (χ2n) is 10.0. The van der Waals surface area contributed by atoms with Gasteiger partial charge in [-0.3, -0.25) is 13.9 Å². The Kier molecular flexibility index (Phi) is 7.78. The van der Waals surface area contributed by atoms with Gasteiger partial charge in [0.05, 0.1) is 65.9 Å². The van der Waals surface area contributed by atoms with Crippen molar-refractivity contribution in [2.75, 3.05) is 59.2 Å². The number of nitrogens with zero attached hydrogens (tertiary/aromatic N) is 4. The van der Waals surface area contributed by atoms with Gasteiger partial charge in [0.1, 0.15) is 5.75 Å². The van der Waals surface area contributed by atoms with Gasteiger partial charge in [-0.25, -0.2) is 4.68 Å². The molecule has 2 saturated heterocycles. The van der Waals surface area contributed by atoms with Crippen LogP contribution in [0.15, 0.2) is 47.4 Å². The van der Waals surface area contributed by atoms with Gasteiger partial charge in [-0.2, -0.15) is 5.10 Å². The molecule has 0 radical (unpaired) electrons. The van der Waals surface area contributed by atoms with Crippen LogP contribution in [0, 0.1) is 0 Å². The number of rotatable bonds is 7. The van der Waals surface area contributed by atoms with Crippen molar-refractivity contribution in [3.8, 4) is 22.7 Å². The first kappa shape index (κ1) is 26.2. The Morgan fingerprint density at radius 3 is 2.44 bits per heavy atom. The minimum atomic E-state index is -1.32. The maximum atomic E-state index is 13.6. The molecule has 0 spiro atoms. The van der Waals surface area contributed by atoms with Gasteiger partial charge >= 0.3 is 0 Å². The molecule has 10 heteroatoms. The van der Waals surface area contributed by atoms with Crippen LogP contribution in [0.1, 0.15) is 35.0 Å². The normalized spacial score (nSPS) is 19.4. The van der Waals surface area contributed by atoms with Gasteiger partial charge < -0.3 is 19.1 Å². The molecule has 1 aromatic heterocycles. The van der Waals surface area contributed by atoms with Crippen molar-refractivity contribution < 1.29 is 23.2 Å². The van der Waals surface area contributed by atoms with Crippen molar-refractivity contribution in [1.29, 1.82) is 0 Å². The Morgan fingerprint density at radius 2 is 1.72 bits per heavy atom. The highest BCUT2D eigenvalue weighted by Crippen LogP contribution is 2.41. The van der Waals surface area contributed by atoms with Gasteiger partial charge in [0.2, 0.25) is 0 Å². The number of morpholine rings is 2. The zero-order chi connectivity index (χ0) is 26.8. The van der Waals surface area contributed by atoms with E-state index in [1.54, 1.807) is 4.90 Å². The fourth-order valence-corrected chi connectivity index (χ4v) is 6.65. The zero-order valence-corrected chi connectivity index (χ0v) is 23.1. The van der Waals surface area contributed by atoms with Crippen LogP contribution in [0.5, 0.6) is 5.75 Å². The maximum absolute atomic E-state index is 13.6. The van der Waals surface area contributed by atoms with Gasteiger partial charge in [0.15, 0.2) is 5.69 Å². The van der Waals surface area contributed by atoms with E-state index < -0.39 is 10.8 Å². The van der Waals surface area contributed by atoms with E-state index in [4.69, 9.17) is 19.3 Å². The first-order valence-electron chi connectivity index (χ1n) is 13.7. The summed E-state index contributed by atoms with van der Waals surface area (Å²) in [7, 11) is -1.32. The van der Waals surface area contributed by atoms with Crippen molar-refractivity contribution in [3.05, 3.63) is 59.3 Å². The molecule has 3 aromatic rings. The summed E-state index contributed by atoms with van der Waals surface area (Å²) in [6.45, 7) is 8.98. The quantitative estimate of drug-likeness (QED) is 0.446. The lowest BCUT2D eigenvalue weighted by atomic mass is 10.0. The average molecular weight is 551 g/mol. The molecule has 2 aromatic carbocycles. The monoisotopic (exact) mass is 550 g/mol. The van der Waals surface area contributed by atoms with E-state index in [0.29, 0.717) is 49.2 Å². The van der Waals surface area contributed by atoms with E-state index in [9.17, 15) is 9.00 Å². The van der Waals surface area contributed by atoms with Crippen LogP contribution in [0.4, 0.5) is 0 Å². The average Bonchev–Trinajstić information content (AvgIpc) is 3.36. The highest BCUT2D eigenvalue weighted by atomic mass is 32.2. The lowest BCUT2D eigenvalue weighted by Crippen LogP contribution is -2.41. The molecule has 39 heavy (non-hydrogen) atoms. The van der Waals surface area contributed by atoms with Gasteiger partial charge in [-0.1, -0.05) is 19.1 Å². The highest BCUT2D eigenvalue weighted by molar-refractivity contribution is 7.84. The minimum absolute atomic E-state index is 0.138. The number of benzene rings is 2. The molecule has 1 amide bonds. The second-order valence-corrected chi connectivity index (χ2v) is 11.5. The van der Waals surface area contributed by atoms with Crippen molar-refractivity contribution >= 4 is 16.7 Å². The predicted molar refractivity (Wildman–Crippen MR) is 148 cm³/mol. The van der Waals surface area contributed by atoms with E-state index in [2.05, 4.69) is 36.1 Å². The molecule has 206 valence electrons. The van der Waals surface area contributed by atoms with Crippen molar-refractivity contribution in [2.45, 2.75) is 30.5 Å². The van der Waals surface area contributed by atoms with Crippen LogP contribution in [0.2, 0.25) is 0 Å². The Morgan fingerprint density at radius 1 is 1.00 bits per heavy atom. The highest BCUT2D eigenvalue weighted by Gasteiger charge is 2.34. The third kappa shape index (κ3) is 5.38. The van der Waals surface area contributed by atoms with E-state index in [0.717, 1.165) is 61.8 Å². The fourth-order valence-electron chi connectivity index (χ4n) is 5.30. The zero-order valence-electron chi connectivity index (χ0n) is 22.3. The summed E-state index contributed by atoms with van der Waals surface area (Å²) in [4.78, 5) is 18.5. The number of amides is 1. The molecular formula is C29H34N4O5S. The Balaban J connectivity index is 1.40. The van der Waals surface area contributed by atoms with Crippen LogP contribution >= 0.6 is 0 Å². The fraction of sp³-hybridized carbons (Fsp3) is 0.448. The van der Waals surface area contributed by atoms with E-state index >= 15 is 0 Å². The summed E-state index contributed by atoms with van der Waals surface area (Å²) >= 11 is 0. The van der Waals surface area contributed by atoms with Crippen molar-refractivity contribution in [1.82, 2.24) is 19.6 Å². The molecule has 0 saturated carbocycles. The molecule has 3 aliphatic heterocycles. The first-order chi connectivity index (χ1) is 19.1. The molecule has 1 atom stereocenters. The summed E-state index contributed by atoms with van der Waals surface area (Å²) in [6, 6.07) is 14.1. The van der Waals surface area contributed by atoms with Gasteiger partial charge in [0.25, 0.3) is 5.91 Å². The second kappa shape index (κ2) is 11.6. The summed E-state index contributed by atoms with van der Waals surface area (Å²) in [5, 5.41) is 4.88. The number of hydrogen-bond donors (Lipinski definition) is 0. The van der Waals surface area contributed by atoms with E-state index in [1.807, 2.05) is 22.9 Å². The van der Waals surface area contributed by atoms with Gasteiger partial charge in [-0.05, 0) is 42.3 Å². The standard InChI is InChI=1S/C29H34N4O5S/c1-2-13-38-23-7-8-24-26(18-23)39(35)20-25-27(29(34)32-11-16-37-17-12-32)30-33(28(24)25)22-5-3-21(4-6-22)19-31-9-14-36-15-10-31/h3-8,18H,2,9-17,19-20H2,1H3. The molecule has 6 rings (SSSR count). The molecule has 1 unspecified atom stereocenters. The van der Waals surface area contributed by atoms with Gasteiger partial charge in [-0.15, -0.1) is 0 Å². The molecule has 0 aliphatic carbocycles. The summed E-state index contributed by atoms with van der Waals surface area (Å²) in [5.41, 5.74) is 4.83. The Bertz CT molecular complexity index is 1360. The van der Waals surface area contributed by atoms with Crippen LogP contribution in [-0.2, 0) is 32.6 Å². The number of aromatic nitrogens is 2. The number of fused-ring (bicyclic) bond motifs is 3. The molecule has 9 nitrogen and oxygen atoms in total. The number of hydrogen-bond acceptors (Lipinski definition) is 7. The van der Waals surface area contributed by atoms with E-state index in [1.165, 1.54) is 5.56 Å². The Labute approximate surface area is 231 Å². The number of carbonyl (C=O) groups excluding carboxylic acids is 1. The first-order valence-corrected chi connectivity index (χ1v) is 15.0. The molecule has 3 aliphatic rings. The molecule has 4 heterocycles.